The molecule has 2 rings (SSSR count). The second kappa shape index (κ2) is 6.69. The number of benzene rings is 1. The van der Waals surface area contributed by atoms with Gasteiger partial charge in [0.1, 0.15) is 5.82 Å². The molecule has 0 saturated carbocycles. The first-order valence-corrected chi connectivity index (χ1v) is 8.25. The zero-order valence-electron chi connectivity index (χ0n) is 12.1. The third kappa shape index (κ3) is 3.80. The van der Waals surface area contributed by atoms with Crippen LogP contribution in [0.15, 0.2) is 47.5 Å². The minimum atomic E-state index is -3.62. The Morgan fingerprint density at radius 1 is 1.14 bits per heavy atom. The first-order valence-electron chi connectivity index (χ1n) is 6.77. The van der Waals surface area contributed by atoms with Gasteiger partial charge in [0.15, 0.2) is 0 Å². The minimum absolute atomic E-state index is 0.246. The fourth-order valence-corrected chi connectivity index (χ4v) is 3.15. The standard InChI is InChI=1S/C15H19N3O2S/c1-3-12-7-8-14(10-13(12)11-16-2)21(19,20)18-15-6-4-5-9-17-15/h4-10,16H,3,11H2,1-2H3,(H,17,18). The van der Waals surface area contributed by atoms with Crippen molar-refractivity contribution in [1.82, 2.24) is 10.3 Å². The molecule has 0 unspecified atom stereocenters. The van der Waals surface area contributed by atoms with Gasteiger partial charge in [0, 0.05) is 12.7 Å². The molecule has 1 aromatic carbocycles. The molecule has 6 heteroatoms. The van der Waals surface area contributed by atoms with Gasteiger partial charge in [-0.05, 0) is 48.9 Å². The van der Waals surface area contributed by atoms with Gasteiger partial charge in [-0.1, -0.05) is 19.1 Å². The molecule has 0 atom stereocenters. The first kappa shape index (κ1) is 15.5. The number of pyridine rings is 1. The van der Waals surface area contributed by atoms with Crippen LogP contribution in [0.1, 0.15) is 18.1 Å². The largest absolute Gasteiger partial charge is 0.316 e. The molecule has 0 spiro atoms. The van der Waals surface area contributed by atoms with Gasteiger partial charge in [-0.2, -0.15) is 0 Å². The van der Waals surface area contributed by atoms with E-state index in [0.29, 0.717) is 12.4 Å². The van der Waals surface area contributed by atoms with Gasteiger partial charge in [0.25, 0.3) is 10.0 Å². The van der Waals surface area contributed by atoms with E-state index < -0.39 is 10.0 Å². The number of nitrogens with zero attached hydrogens (tertiary/aromatic N) is 1. The molecule has 0 amide bonds. The lowest BCUT2D eigenvalue weighted by Gasteiger charge is -2.12. The Morgan fingerprint density at radius 2 is 1.95 bits per heavy atom. The Kier molecular flexibility index (Phi) is 4.93. The lowest BCUT2D eigenvalue weighted by molar-refractivity contribution is 0.600. The fraction of sp³-hybridized carbons (Fsp3) is 0.267. The molecular formula is C15H19N3O2S. The summed E-state index contributed by atoms with van der Waals surface area (Å²) in [4.78, 5) is 4.23. The summed E-state index contributed by atoms with van der Waals surface area (Å²) in [5.41, 5.74) is 2.13. The van der Waals surface area contributed by atoms with Gasteiger partial charge in [-0.15, -0.1) is 0 Å². The Balaban J connectivity index is 2.34. The number of nitrogens with one attached hydrogen (secondary N) is 2. The molecule has 0 fully saturated rings. The molecule has 2 aromatic rings. The molecule has 0 saturated heterocycles. The van der Waals surface area contributed by atoms with Crippen molar-refractivity contribution >= 4 is 15.8 Å². The Morgan fingerprint density at radius 3 is 2.57 bits per heavy atom. The maximum absolute atomic E-state index is 12.4. The van der Waals surface area contributed by atoms with Gasteiger partial charge >= 0.3 is 0 Å². The SMILES string of the molecule is CCc1ccc(S(=O)(=O)Nc2ccccn2)cc1CNC. The van der Waals surface area contributed by atoms with Crippen LogP contribution in [0.5, 0.6) is 0 Å². The van der Waals surface area contributed by atoms with Gasteiger partial charge < -0.3 is 5.32 Å². The van der Waals surface area contributed by atoms with Crippen molar-refractivity contribution in [2.24, 2.45) is 0 Å². The van der Waals surface area contributed by atoms with Crippen LogP contribution >= 0.6 is 0 Å². The van der Waals surface area contributed by atoms with Crippen molar-refractivity contribution in [3.63, 3.8) is 0 Å². The highest BCUT2D eigenvalue weighted by molar-refractivity contribution is 7.92. The van der Waals surface area contributed by atoms with Crippen LogP contribution in [0.25, 0.3) is 0 Å². The van der Waals surface area contributed by atoms with E-state index >= 15 is 0 Å². The van der Waals surface area contributed by atoms with Crippen LogP contribution in [-0.2, 0) is 23.0 Å². The first-order chi connectivity index (χ1) is 10.1. The summed E-state index contributed by atoms with van der Waals surface area (Å²) < 4.78 is 27.3. The van der Waals surface area contributed by atoms with E-state index in [1.807, 2.05) is 13.1 Å². The van der Waals surface area contributed by atoms with Crippen LogP contribution in [-0.4, -0.2) is 20.4 Å². The number of hydrogen-bond acceptors (Lipinski definition) is 4. The van der Waals surface area contributed by atoms with E-state index in [0.717, 1.165) is 17.5 Å². The number of hydrogen-bond donors (Lipinski definition) is 2. The molecular weight excluding hydrogens is 286 g/mol. The summed E-state index contributed by atoms with van der Waals surface area (Å²) in [7, 11) is -1.78. The number of aryl methyl sites for hydroxylation is 1. The van der Waals surface area contributed by atoms with Gasteiger partial charge in [0.05, 0.1) is 4.90 Å². The highest BCUT2D eigenvalue weighted by atomic mass is 32.2. The topological polar surface area (TPSA) is 71.1 Å². The minimum Gasteiger partial charge on any atom is -0.316 e. The average Bonchev–Trinajstić information content (AvgIpc) is 2.48. The summed E-state index contributed by atoms with van der Waals surface area (Å²) in [6.07, 6.45) is 2.41. The number of rotatable bonds is 6. The molecule has 0 radical (unpaired) electrons. The molecule has 0 aliphatic rings. The molecule has 0 bridgehead atoms. The van der Waals surface area contributed by atoms with Crippen molar-refractivity contribution in [2.75, 3.05) is 11.8 Å². The predicted octanol–water partition coefficient (Wildman–Crippen LogP) is 2.16. The maximum atomic E-state index is 12.4. The molecule has 0 aliphatic carbocycles. The summed E-state index contributed by atoms with van der Waals surface area (Å²) in [5.74, 6) is 0.312. The Labute approximate surface area is 125 Å². The summed E-state index contributed by atoms with van der Waals surface area (Å²) in [5, 5.41) is 3.06. The predicted molar refractivity (Wildman–Crippen MR) is 83.6 cm³/mol. The van der Waals surface area contributed by atoms with Crippen molar-refractivity contribution in [1.29, 1.82) is 0 Å². The molecule has 5 nitrogen and oxygen atoms in total. The smallest absolute Gasteiger partial charge is 0.263 e. The van der Waals surface area contributed by atoms with Crippen LogP contribution in [0, 0.1) is 0 Å². The second-order valence-electron chi connectivity index (χ2n) is 4.63. The van der Waals surface area contributed by atoms with E-state index in [1.165, 1.54) is 0 Å². The van der Waals surface area contributed by atoms with E-state index in [-0.39, 0.29) is 4.90 Å². The van der Waals surface area contributed by atoms with Gasteiger partial charge in [-0.3, -0.25) is 4.72 Å². The molecule has 1 aromatic heterocycles. The Bertz CT molecular complexity index is 700. The fourth-order valence-electron chi connectivity index (χ4n) is 2.09. The van der Waals surface area contributed by atoms with Crippen molar-refractivity contribution in [3.05, 3.63) is 53.7 Å². The van der Waals surface area contributed by atoms with Gasteiger partial charge in [0.2, 0.25) is 0 Å². The van der Waals surface area contributed by atoms with Gasteiger partial charge in [-0.25, -0.2) is 13.4 Å². The third-order valence-electron chi connectivity index (χ3n) is 3.14. The quantitative estimate of drug-likeness (QED) is 0.858. The molecule has 21 heavy (non-hydrogen) atoms. The molecule has 2 N–H and O–H groups in total. The summed E-state index contributed by atoms with van der Waals surface area (Å²) >= 11 is 0. The van der Waals surface area contributed by atoms with Crippen LogP contribution < -0.4 is 10.0 Å². The normalized spacial score (nSPS) is 11.3. The van der Waals surface area contributed by atoms with Crippen LogP contribution in [0.3, 0.4) is 0 Å². The Hall–Kier alpha value is -1.92. The van der Waals surface area contributed by atoms with Crippen molar-refractivity contribution in [2.45, 2.75) is 24.8 Å². The van der Waals surface area contributed by atoms with Crippen molar-refractivity contribution in [3.8, 4) is 0 Å². The van der Waals surface area contributed by atoms with Crippen LogP contribution in [0.4, 0.5) is 5.82 Å². The number of aromatic nitrogens is 1. The average molecular weight is 305 g/mol. The zero-order chi connectivity index (χ0) is 15.3. The molecule has 1 heterocycles. The lowest BCUT2D eigenvalue weighted by Crippen LogP contribution is -2.15. The van der Waals surface area contributed by atoms with E-state index in [4.69, 9.17) is 0 Å². The third-order valence-corrected chi connectivity index (χ3v) is 4.49. The summed E-state index contributed by atoms with van der Waals surface area (Å²) in [6, 6.07) is 10.3. The molecule has 112 valence electrons. The lowest BCUT2D eigenvalue weighted by atomic mass is 10.1. The van der Waals surface area contributed by atoms with E-state index in [2.05, 4.69) is 21.9 Å². The monoisotopic (exact) mass is 305 g/mol. The number of sulfonamides is 1. The molecule has 0 aliphatic heterocycles. The highest BCUT2D eigenvalue weighted by Gasteiger charge is 2.16. The zero-order valence-corrected chi connectivity index (χ0v) is 12.9. The number of anilines is 1. The maximum Gasteiger partial charge on any atom is 0.263 e. The second-order valence-corrected chi connectivity index (χ2v) is 6.32. The van der Waals surface area contributed by atoms with Crippen molar-refractivity contribution < 1.29 is 8.42 Å². The highest BCUT2D eigenvalue weighted by Crippen LogP contribution is 2.19. The summed E-state index contributed by atoms with van der Waals surface area (Å²) in [6.45, 7) is 2.69. The van der Waals surface area contributed by atoms with Crippen LogP contribution in [0.2, 0.25) is 0 Å². The van der Waals surface area contributed by atoms with E-state index in [1.54, 1.807) is 36.5 Å². The van der Waals surface area contributed by atoms with E-state index in [9.17, 15) is 8.42 Å².